The number of carbonyl (C=O) groups excluding carboxylic acids is 2. The van der Waals surface area contributed by atoms with E-state index in [9.17, 15) is 9.59 Å². The molecule has 200 valence electrons. The normalized spacial score (nSPS) is 11.6. The lowest BCUT2D eigenvalue weighted by atomic mass is 9.89. The lowest BCUT2D eigenvalue weighted by Gasteiger charge is -2.14. The van der Waals surface area contributed by atoms with Crippen LogP contribution in [0.4, 0.5) is 5.82 Å². The molecule has 0 saturated carbocycles. The van der Waals surface area contributed by atoms with Crippen molar-refractivity contribution in [3.8, 4) is 5.75 Å². The van der Waals surface area contributed by atoms with E-state index in [-0.39, 0.29) is 18.3 Å². The van der Waals surface area contributed by atoms with Crippen LogP contribution in [0.5, 0.6) is 5.75 Å². The Kier molecular flexibility index (Phi) is 10.6. The van der Waals surface area contributed by atoms with Gasteiger partial charge >= 0.3 is 0 Å². The van der Waals surface area contributed by atoms with Gasteiger partial charge in [-0.05, 0) is 36.4 Å². The second-order valence-electron chi connectivity index (χ2n) is 9.31. The van der Waals surface area contributed by atoms with Crippen LogP contribution in [-0.4, -0.2) is 79.6 Å². The Labute approximate surface area is 216 Å². The number of amides is 1. The predicted octanol–water partition coefficient (Wildman–Crippen LogP) is 3.46. The van der Waals surface area contributed by atoms with Crippen molar-refractivity contribution in [3.63, 3.8) is 0 Å². The summed E-state index contributed by atoms with van der Waals surface area (Å²) in [6.07, 6.45) is 1.60. The number of aliphatic hydroxyl groups excluding tert-OH is 1. The highest BCUT2D eigenvalue weighted by atomic mass is 16.6. The maximum Gasteiger partial charge on any atom is 0.256 e. The number of hydrogen-bond donors (Lipinski definition) is 3. The first kappa shape index (κ1) is 28.3. The molecule has 3 rings (SSSR count). The van der Waals surface area contributed by atoms with Crippen molar-refractivity contribution in [2.45, 2.75) is 20.8 Å². The second kappa shape index (κ2) is 13.8. The van der Waals surface area contributed by atoms with Gasteiger partial charge < -0.3 is 34.4 Å². The Morgan fingerprint density at radius 1 is 0.919 bits per heavy atom. The zero-order valence-corrected chi connectivity index (χ0v) is 21.5. The summed E-state index contributed by atoms with van der Waals surface area (Å²) >= 11 is 0. The number of nitrogens with zero attached hydrogens (tertiary/aromatic N) is 1. The minimum atomic E-state index is -0.499. The van der Waals surface area contributed by atoms with Gasteiger partial charge in [0.1, 0.15) is 18.2 Å². The number of anilines is 1. The molecule has 0 saturated heterocycles. The van der Waals surface area contributed by atoms with Crippen LogP contribution in [-0.2, 0) is 14.2 Å². The van der Waals surface area contributed by atoms with E-state index in [0.717, 1.165) is 10.9 Å². The van der Waals surface area contributed by atoms with Crippen molar-refractivity contribution in [2.75, 3.05) is 58.2 Å². The summed E-state index contributed by atoms with van der Waals surface area (Å²) in [6, 6.07) is 10.3. The Morgan fingerprint density at radius 3 is 2.16 bits per heavy atom. The summed E-state index contributed by atoms with van der Waals surface area (Å²) in [4.78, 5) is 32.6. The van der Waals surface area contributed by atoms with Gasteiger partial charge in [-0.1, -0.05) is 20.8 Å². The SMILES string of the molecule is CC(C)(C)C(=O)c1cc2cc(NC(=O)c3ccc(OCCOCCOCCOCCO)cc3)ncc2[nH]1. The first-order valence-corrected chi connectivity index (χ1v) is 12.2. The van der Waals surface area contributed by atoms with Gasteiger partial charge in [-0.25, -0.2) is 4.98 Å². The van der Waals surface area contributed by atoms with Gasteiger partial charge in [0.15, 0.2) is 5.78 Å². The third kappa shape index (κ3) is 8.94. The summed E-state index contributed by atoms with van der Waals surface area (Å²) in [5.74, 6) is 0.727. The molecule has 37 heavy (non-hydrogen) atoms. The third-order valence-electron chi connectivity index (χ3n) is 5.27. The Bertz CT molecular complexity index is 1150. The second-order valence-corrected chi connectivity index (χ2v) is 9.31. The molecule has 3 N–H and O–H groups in total. The topological polar surface area (TPSA) is 132 Å². The number of carbonyl (C=O) groups is 2. The molecule has 10 heteroatoms. The number of nitrogens with one attached hydrogen (secondary N) is 2. The molecule has 0 aliphatic carbocycles. The number of ketones is 1. The smallest absolute Gasteiger partial charge is 0.256 e. The number of benzene rings is 1. The number of aromatic amines is 1. The van der Waals surface area contributed by atoms with Crippen LogP contribution in [0.3, 0.4) is 0 Å². The number of aromatic nitrogens is 2. The van der Waals surface area contributed by atoms with Crippen LogP contribution < -0.4 is 10.1 Å². The first-order chi connectivity index (χ1) is 17.8. The molecule has 0 atom stereocenters. The van der Waals surface area contributed by atoms with E-state index < -0.39 is 5.41 Å². The van der Waals surface area contributed by atoms with Crippen LogP contribution >= 0.6 is 0 Å². The maximum absolute atomic E-state index is 12.7. The molecular formula is C27H35N3O7. The van der Waals surface area contributed by atoms with E-state index in [1.165, 1.54) is 0 Å². The van der Waals surface area contributed by atoms with E-state index in [1.54, 1.807) is 42.6 Å². The molecule has 0 spiro atoms. The van der Waals surface area contributed by atoms with Gasteiger partial charge in [-0.2, -0.15) is 0 Å². The number of H-pyrrole nitrogens is 1. The number of rotatable bonds is 15. The number of Topliss-reactive ketones (excluding diaryl/α,β-unsaturated/α-hetero) is 1. The largest absolute Gasteiger partial charge is 0.491 e. The van der Waals surface area contributed by atoms with E-state index in [2.05, 4.69) is 15.3 Å². The molecule has 0 bridgehead atoms. The van der Waals surface area contributed by atoms with Gasteiger partial charge in [-0.3, -0.25) is 9.59 Å². The van der Waals surface area contributed by atoms with Crippen LogP contribution in [0.2, 0.25) is 0 Å². The van der Waals surface area contributed by atoms with Gasteiger partial charge in [0, 0.05) is 16.4 Å². The molecule has 0 aliphatic heterocycles. The van der Waals surface area contributed by atoms with Crippen LogP contribution in [0.15, 0.2) is 42.6 Å². The first-order valence-electron chi connectivity index (χ1n) is 12.2. The molecule has 3 aromatic rings. The molecule has 1 amide bonds. The minimum absolute atomic E-state index is 0.00536. The lowest BCUT2D eigenvalue weighted by Crippen LogP contribution is -2.20. The van der Waals surface area contributed by atoms with Crippen molar-refractivity contribution in [2.24, 2.45) is 5.41 Å². The number of hydrogen-bond acceptors (Lipinski definition) is 8. The standard InChI is InChI=1S/C27H35N3O7/c1-27(2,3)25(32)22-16-20-17-24(28-18-23(20)29-22)30-26(33)19-4-6-21(7-5-19)37-15-14-36-13-12-35-11-10-34-9-8-31/h4-7,16-18,29,31H,8-15H2,1-3H3,(H,28,30,33). The van der Waals surface area contributed by atoms with Gasteiger partial charge in [-0.15, -0.1) is 0 Å². The summed E-state index contributed by atoms with van der Waals surface area (Å²) in [6.45, 7) is 8.49. The molecular weight excluding hydrogens is 478 g/mol. The maximum atomic E-state index is 12.7. The molecule has 0 radical (unpaired) electrons. The van der Waals surface area contributed by atoms with E-state index >= 15 is 0 Å². The van der Waals surface area contributed by atoms with E-state index in [0.29, 0.717) is 69.1 Å². The van der Waals surface area contributed by atoms with Crippen molar-refractivity contribution in [1.82, 2.24) is 9.97 Å². The Balaban J connectivity index is 1.40. The molecule has 10 nitrogen and oxygen atoms in total. The molecule has 2 heterocycles. The highest BCUT2D eigenvalue weighted by molar-refractivity contribution is 6.05. The van der Waals surface area contributed by atoms with Crippen LogP contribution in [0.25, 0.3) is 10.9 Å². The zero-order chi connectivity index (χ0) is 26.7. The summed E-state index contributed by atoms with van der Waals surface area (Å²) in [7, 11) is 0. The van der Waals surface area contributed by atoms with Gasteiger partial charge in [0.25, 0.3) is 5.91 Å². The number of aliphatic hydroxyl groups is 1. The summed E-state index contributed by atoms with van der Waals surface area (Å²) in [5, 5.41) is 12.2. The van der Waals surface area contributed by atoms with Crippen LogP contribution in [0.1, 0.15) is 41.6 Å². The highest BCUT2D eigenvalue weighted by Crippen LogP contribution is 2.24. The fourth-order valence-corrected chi connectivity index (χ4v) is 3.34. The molecule has 0 unspecified atom stereocenters. The lowest BCUT2D eigenvalue weighted by molar-refractivity contribution is 0.00361. The van der Waals surface area contributed by atoms with Crippen molar-refractivity contribution in [1.29, 1.82) is 0 Å². The van der Waals surface area contributed by atoms with Crippen molar-refractivity contribution < 1.29 is 33.6 Å². The summed E-state index contributed by atoms with van der Waals surface area (Å²) < 4.78 is 21.5. The quantitative estimate of drug-likeness (QED) is 0.208. The molecule has 0 aliphatic rings. The highest BCUT2D eigenvalue weighted by Gasteiger charge is 2.24. The molecule has 1 aromatic carbocycles. The predicted molar refractivity (Wildman–Crippen MR) is 139 cm³/mol. The third-order valence-corrected chi connectivity index (χ3v) is 5.27. The van der Waals surface area contributed by atoms with Gasteiger partial charge in [0.2, 0.25) is 0 Å². The molecule has 2 aromatic heterocycles. The van der Waals surface area contributed by atoms with Crippen molar-refractivity contribution >= 4 is 28.4 Å². The number of fused-ring (bicyclic) bond motifs is 1. The molecule has 0 fully saturated rings. The average molecular weight is 514 g/mol. The fraction of sp³-hybridized carbons (Fsp3) is 0.444. The van der Waals surface area contributed by atoms with E-state index in [4.69, 9.17) is 24.1 Å². The monoisotopic (exact) mass is 513 g/mol. The zero-order valence-electron chi connectivity index (χ0n) is 21.5. The minimum Gasteiger partial charge on any atom is -0.491 e. The average Bonchev–Trinajstić information content (AvgIpc) is 3.30. The van der Waals surface area contributed by atoms with Gasteiger partial charge in [0.05, 0.1) is 63.7 Å². The van der Waals surface area contributed by atoms with E-state index in [1.807, 2.05) is 20.8 Å². The fourth-order valence-electron chi connectivity index (χ4n) is 3.34. The van der Waals surface area contributed by atoms with Crippen molar-refractivity contribution in [3.05, 3.63) is 53.9 Å². The summed E-state index contributed by atoms with van der Waals surface area (Å²) in [5.41, 5.74) is 1.21. The number of ether oxygens (including phenoxy) is 4. The number of pyridine rings is 1. The Morgan fingerprint density at radius 2 is 1.54 bits per heavy atom. The van der Waals surface area contributed by atoms with Crippen LogP contribution in [0, 0.1) is 5.41 Å². The Hall–Kier alpha value is -3.31.